The van der Waals surface area contributed by atoms with E-state index in [9.17, 15) is 9.59 Å². The molecule has 0 N–H and O–H groups in total. The topological polar surface area (TPSA) is 34.1 Å². The zero-order chi connectivity index (χ0) is 7.72. The molecule has 2 heteroatoms. The highest BCUT2D eigenvalue weighted by Gasteiger charge is 2.28. The summed E-state index contributed by atoms with van der Waals surface area (Å²) in [7, 11) is 0. The van der Waals surface area contributed by atoms with Crippen LogP contribution in [-0.2, 0) is 9.59 Å². The van der Waals surface area contributed by atoms with Gasteiger partial charge in [0.15, 0.2) is 0 Å². The van der Waals surface area contributed by atoms with Gasteiger partial charge >= 0.3 is 0 Å². The van der Waals surface area contributed by atoms with Gasteiger partial charge in [0, 0.05) is 24.7 Å². The molecule has 0 radical (unpaired) electrons. The fourth-order valence-electron chi connectivity index (χ4n) is 1.23. The van der Waals surface area contributed by atoms with Gasteiger partial charge < -0.3 is 0 Å². The lowest BCUT2D eigenvalue weighted by Gasteiger charge is -2.20. The predicted octanol–water partition coefficient (Wildman–Crippen LogP) is 1.19. The molecule has 2 nitrogen and oxygen atoms in total. The summed E-state index contributed by atoms with van der Waals surface area (Å²) in [6.45, 7) is 3.65. The molecule has 1 aliphatic carbocycles. The average molecular weight is 140 g/mol. The summed E-state index contributed by atoms with van der Waals surface area (Å²) < 4.78 is 0. The van der Waals surface area contributed by atoms with Crippen molar-refractivity contribution in [3.63, 3.8) is 0 Å². The van der Waals surface area contributed by atoms with E-state index in [-0.39, 0.29) is 23.4 Å². The fraction of sp³-hybridized carbons (Fsp3) is 0.750. The summed E-state index contributed by atoms with van der Waals surface area (Å²) in [6, 6.07) is 0. The number of carbonyl (C=O) groups excluding carboxylic acids is 2. The van der Waals surface area contributed by atoms with E-state index in [1.54, 1.807) is 0 Å². The van der Waals surface area contributed by atoms with Crippen LogP contribution in [0.25, 0.3) is 0 Å². The first-order valence-electron chi connectivity index (χ1n) is 3.66. The van der Waals surface area contributed by atoms with E-state index in [2.05, 4.69) is 0 Å². The first-order chi connectivity index (χ1) is 4.61. The summed E-state index contributed by atoms with van der Waals surface area (Å²) in [5.74, 6) is 0.437. The van der Waals surface area contributed by atoms with Crippen LogP contribution in [0.2, 0.25) is 0 Å². The van der Waals surface area contributed by atoms with Crippen LogP contribution in [0.3, 0.4) is 0 Å². The van der Waals surface area contributed by atoms with Gasteiger partial charge in [-0.3, -0.25) is 9.59 Å². The lowest BCUT2D eigenvalue weighted by molar-refractivity contribution is -0.135. The van der Waals surface area contributed by atoms with Crippen LogP contribution in [0.5, 0.6) is 0 Å². The summed E-state index contributed by atoms with van der Waals surface area (Å²) in [6.07, 6.45) is 0.917. The van der Waals surface area contributed by atoms with Gasteiger partial charge in [0.05, 0.1) is 0 Å². The SMILES string of the molecule is C[C@@H]1CC(=O)[C@H](C)CC1=O. The van der Waals surface area contributed by atoms with Gasteiger partial charge in [-0.25, -0.2) is 0 Å². The summed E-state index contributed by atoms with van der Waals surface area (Å²) in [5, 5.41) is 0. The largest absolute Gasteiger partial charge is 0.299 e. The molecule has 0 spiro atoms. The number of hydrogen-bond acceptors (Lipinski definition) is 2. The zero-order valence-corrected chi connectivity index (χ0v) is 6.39. The molecule has 1 aliphatic rings. The number of ketones is 2. The monoisotopic (exact) mass is 140 g/mol. The molecule has 1 rings (SSSR count). The highest BCUT2D eigenvalue weighted by Crippen LogP contribution is 2.21. The maximum atomic E-state index is 11.0. The van der Waals surface area contributed by atoms with Crippen LogP contribution in [0.15, 0.2) is 0 Å². The molecule has 0 aliphatic heterocycles. The molecule has 0 heterocycles. The van der Waals surface area contributed by atoms with Crippen LogP contribution in [0.1, 0.15) is 26.7 Å². The third-order valence-corrected chi connectivity index (χ3v) is 2.11. The Balaban J connectivity index is 2.63. The Kier molecular flexibility index (Phi) is 1.88. The lowest BCUT2D eigenvalue weighted by Crippen LogP contribution is -2.28. The normalized spacial score (nSPS) is 34.6. The van der Waals surface area contributed by atoms with Gasteiger partial charge in [0.25, 0.3) is 0 Å². The standard InChI is InChI=1S/C8H12O2/c1-5-3-8(10)6(2)4-7(5)9/h5-6H,3-4H2,1-2H3/t5-,6-/m1/s1. The molecule has 2 atom stereocenters. The second kappa shape index (κ2) is 2.52. The third-order valence-electron chi connectivity index (χ3n) is 2.11. The molecule has 0 bridgehead atoms. The number of carbonyl (C=O) groups is 2. The van der Waals surface area contributed by atoms with Crippen LogP contribution in [0.4, 0.5) is 0 Å². The number of hydrogen-bond donors (Lipinski definition) is 0. The van der Waals surface area contributed by atoms with Crippen molar-refractivity contribution in [2.75, 3.05) is 0 Å². The lowest BCUT2D eigenvalue weighted by atomic mass is 9.82. The summed E-state index contributed by atoms with van der Waals surface area (Å²) in [4.78, 5) is 22.0. The predicted molar refractivity (Wildman–Crippen MR) is 37.6 cm³/mol. The highest BCUT2D eigenvalue weighted by atomic mass is 16.1. The van der Waals surface area contributed by atoms with Gasteiger partial charge in [-0.15, -0.1) is 0 Å². The van der Waals surface area contributed by atoms with Gasteiger partial charge in [-0.1, -0.05) is 13.8 Å². The van der Waals surface area contributed by atoms with E-state index in [1.165, 1.54) is 0 Å². The van der Waals surface area contributed by atoms with E-state index >= 15 is 0 Å². The van der Waals surface area contributed by atoms with E-state index in [0.717, 1.165) is 0 Å². The Labute approximate surface area is 60.6 Å². The maximum Gasteiger partial charge on any atom is 0.136 e. The number of rotatable bonds is 0. The van der Waals surface area contributed by atoms with Crippen LogP contribution in [-0.4, -0.2) is 11.6 Å². The van der Waals surface area contributed by atoms with E-state index in [0.29, 0.717) is 12.8 Å². The average Bonchev–Trinajstić information content (AvgIpc) is 1.84. The molecule has 0 aromatic carbocycles. The Morgan fingerprint density at radius 3 is 1.60 bits per heavy atom. The molecule has 1 saturated carbocycles. The van der Waals surface area contributed by atoms with Gasteiger partial charge in [0.2, 0.25) is 0 Å². The van der Waals surface area contributed by atoms with Crippen molar-refractivity contribution in [1.29, 1.82) is 0 Å². The van der Waals surface area contributed by atoms with Crippen molar-refractivity contribution < 1.29 is 9.59 Å². The summed E-state index contributed by atoms with van der Waals surface area (Å²) in [5.41, 5.74) is 0. The van der Waals surface area contributed by atoms with E-state index in [4.69, 9.17) is 0 Å². The minimum absolute atomic E-state index is 0.0244. The van der Waals surface area contributed by atoms with Crippen LogP contribution < -0.4 is 0 Å². The fourth-order valence-corrected chi connectivity index (χ4v) is 1.23. The quantitative estimate of drug-likeness (QED) is 0.506. The summed E-state index contributed by atoms with van der Waals surface area (Å²) >= 11 is 0. The van der Waals surface area contributed by atoms with Crippen molar-refractivity contribution in [3.05, 3.63) is 0 Å². The van der Waals surface area contributed by atoms with Gasteiger partial charge in [-0.2, -0.15) is 0 Å². The third kappa shape index (κ3) is 1.25. The smallest absolute Gasteiger partial charge is 0.136 e. The Morgan fingerprint density at radius 1 is 1.00 bits per heavy atom. The van der Waals surface area contributed by atoms with Gasteiger partial charge in [-0.05, 0) is 0 Å². The van der Waals surface area contributed by atoms with Crippen molar-refractivity contribution in [2.24, 2.45) is 11.8 Å². The molecule has 0 amide bonds. The minimum Gasteiger partial charge on any atom is -0.299 e. The Bertz CT molecular complexity index is 152. The molecule has 0 aromatic heterocycles. The zero-order valence-electron chi connectivity index (χ0n) is 6.39. The molecule has 56 valence electrons. The molecule has 0 aromatic rings. The van der Waals surface area contributed by atoms with Crippen LogP contribution in [0, 0.1) is 11.8 Å². The second-order valence-corrected chi connectivity index (χ2v) is 3.14. The van der Waals surface area contributed by atoms with E-state index in [1.807, 2.05) is 13.8 Å². The maximum absolute atomic E-state index is 11.0. The Morgan fingerprint density at radius 2 is 1.30 bits per heavy atom. The molecule has 10 heavy (non-hydrogen) atoms. The van der Waals surface area contributed by atoms with Crippen molar-refractivity contribution >= 4 is 11.6 Å². The molecular weight excluding hydrogens is 128 g/mol. The van der Waals surface area contributed by atoms with Crippen molar-refractivity contribution in [2.45, 2.75) is 26.7 Å². The second-order valence-electron chi connectivity index (χ2n) is 3.14. The number of Topliss-reactive ketones (excluding diaryl/α,β-unsaturated/α-hetero) is 2. The Hall–Kier alpha value is -0.660. The molecule has 1 fully saturated rings. The minimum atomic E-state index is -0.0244. The highest BCUT2D eigenvalue weighted by molar-refractivity contribution is 5.95. The molecule has 0 unspecified atom stereocenters. The van der Waals surface area contributed by atoms with E-state index < -0.39 is 0 Å². The van der Waals surface area contributed by atoms with Crippen molar-refractivity contribution in [1.82, 2.24) is 0 Å². The first kappa shape index (κ1) is 7.45. The van der Waals surface area contributed by atoms with Crippen LogP contribution >= 0.6 is 0 Å². The van der Waals surface area contributed by atoms with Crippen molar-refractivity contribution in [3.8, 4) is 0 Å². The molecular formula is C8H12O2. The van der Waals surface area contributed by atoms with Gasteiger partial charge in [0.1, 0.15) is 11.6 Å². The molecule has 0 saturated heterocycles. The first-order valence-corrected chi connectivity index (χ1v) is 3.66.